The van der Waals surface area contributed by atoms with Crippen LogP contribution in [0.5, 0.6) is 0 Å². The number of halogens is 1. The predicted octanol–water partition coefficient (Wildman–Crippen LogP) is 1.91. The number of pyridine rings is 1. The Morgan fingerprint density at radius 1 is 1.44 bits per heavy atom. The molecule has 6 heteroatoms. The van der Waals surface area contributed by atoms with Gasteiger partial charge in [0.25, 0.3) is 0 Å². The van der Waals surface area contributed by atoms with E-state index < -0.39 is 0 Å². The second-order valence-corrected chi connectivity index (χ2v) is 4.06. The van der Waals surface area contributed by atoms with Crippen LogP contribution in [0, 0.1) is 25.2 Å². The summed E-state index contributed by atoms with van der Waals surface area (Å²) < 4.78 is 1.96. The van der Waals surface area contributed by atoms with Gasteiger partial charge in [-0.3, -0.25) is 0 Å². The summed E-state index contributed by atoms with van der Waals surface area (Å²) in [5, 5.41) is 13.2. The fraction of sp³-hybridized carbons (Fsp3) is 0.200. The van der Waals surface area contributed by atoms with Crippen molar-refractivity contribution in [1.82, 2.24) is 19.7 Å². The molecule has 2 heterocycles. The first-order valence-electron chi connectivity index (χ1n) is 4.57. The summed E-state index contributed by atoms with van der Waals surface area (Å²) in [6, 6.07) is 4.00. The molecule has 5 nitrogen and oxygen atoms in total. The summed E-state index contributed by atoms with van der Waals surface area (Å²) in [6.07, 6.45) is 1.52. The number of hydrogen-bond donors (Lipinski definition) is 0. The molecule has 2 aromatic heterocycles. The number of rotatable bonds is 1. The van der Waals surface area contributed by atoms with E-state index in [0.717, 1.165) is 11.3 Å². The van der Waals surface area contributed by atoms with Crippen molar-refractivity contribution >= 4 is 15.9 Å². The molecule has 0 saturated carbocycles. The minimum absolute atomic E-state index is 0.470. The smallest absolute Gasteiger partial charge is 0.217 e. The van der Waals surface area contributed by atoms with Crippen LogP contribution in [0.2, 0.25) is 0 Å². The predicted molar refractivity (Wildman–Crippen MR) is 61.0 cm³/mol. The summed E-state index contributed by atoms with van der Waals surface area (Å²) >= 11 is 3.16. The molecule has 0 bridgehead atoms. The van der Waals surface area contributed by atoms with Gasteiger partial charge in [-0.05, 0) is 41.4 Å². The van der Waals surface area contributed by atoms with Crippen LogP contribution in [0.4, 0.5) is 0 Å². The van der Waals surface area contributed by atoms with Crippen LogP contribution < -0.4 is 0 Å². The van der Waals surface area contributed by atoms with Gasteiger partial charge in [0.2, 0.25) is 4.73 Å². The first-order valence-corrected chi connectivity index (χ1v) is 5.37. The molecule has 0 aromatic carbocycles. The van der Waals surface area contributed by atoms with Gasteiger partial charge in [0, 0.05) is 5.69 Å². The van der Waals surface area contributed by atoms with E-state index >= 15 is 0 Å². The summed E-state index contributed by atoms with van der Waals surface area (Å²) in [7, 11) is 0. The van der Waals surface area contributed by atoms with E-state index in [2.05, 4.69) is 37.1 Å². The van der Waals surface area contributed by atoms with Crippen LogP contribution in [0.25, 0.3) is 5.82 Å². The Labute approximate surface area is 101 Å². The minimum Gasteiger partial charge on any atom is -0.233 e. The van der Waals surface area contributed by atoms with Crippen molar-refractivity contribution in [3.8, 4) is 11.9 Å². The molecule has 0 amide bonds. The standard InChI is InChI=1S/C10H8BrN5/c1-6-3-7(2)14-9(8(6)4-12)16-5-13-10(11)15-16/h3,5H,1-2H3. The first kappa shape index (κ1) is 10.8. The van der Waals surface area contributed by atoms with Crippen molar-refractivity contribution in [2.24, 2.45) is 0 Å². The van der Waals surface area contributed by atoms with Crippen molar-refractivity contribution in [3.63, 3.8) is 0 Å². The van der Waals surface area contributed by atoms with E-state index in [1.165, 1.54) is 11.0 Å². The molecule has 80 valence electrons. The Morgan fingerprint density at radius 3 is 2.75 bits per heavy atom. The third-order valence-corrected chi connectivity index (χ3v) is 2.48. The molecule has 0 aliphatic carbocycles. The van der Waals surface area contributed by atoms with Crippen LogP contribution in [0.3, 0.4) is 0 Å². The molecule has 0 saturated heterocycles. The lowest BCUT2D eigenvalue weighted by Gasteiger charge is -2.06. The average Bonchev–Trinajstić information content (AvgIpc) is 2.63. The highest BCUT2D eigenvalue weighted by molar-refractivity contribution is 9.10. The minimum atomic E-state index is 0.470. The van der Waals surface area contributed by atoms with E-state index in [0.29, 0.717) is 16.1 Å². The molecule has 16 heavy (non-hydrogen) atoms. The SMILES string of the molecule is Cc1cc(C)c(C#N)c(-n2cnc(Br)n2)n1. The Hall–Kier alpha value is -1.74. The highest BCUT2D eigenvalue weighted by atomic mass is 79.9. The zero-order valence-corrected chi connectivity index (χ0v) is 10.4. The maximum absolute atomic E-state index is 9.10. The lowest BCUT2D eigenvalue weighted by atomic mass is 10.1. The number of aromatic nitrogens is 4. The average molecular weight is 278 g/mol. The lowest BCUT2D eigenvalue weighted by Crippen LogP contribution is -2.04. The van der Waals surface area contributed by atoms with Crippen molar-refractivity contribution in [2.45, 2.75) is 13.8 Å². The normalized spacial score (nSPS) is 10.1. The highest BCUT2D eigenvalue weighted by Gasteiger charge is 2.11. The van der Waals surface area contributed by atoms with E-state index in [1.807, 2.05) is 19.9 Å². The van der Waals surface area contributed by atoms with Gasteiger partial charge >= 0.3 is 0 Å². The fourth-order valence-corrected chi connectivity index (χ4v) is 1.73. The monoisotopic (exact) mass is 277 g/mol. The third-order valence-electron chi connectivity index (χ3n) is 2.12. The quantitative estimate of drug-likeness (QED) is 0.799. The number of nitriles is 1. The molecule has 0 aliphatic heterocycles. The van der Waals surface area contributed by atoms with Gasteiger partial charge in [0.15, 0.2) is 5.82 Å². The number of hydrogen-bond acceptors (Lipinski definition) is 4. The van der Waals surface area contributed by atoms with Gasteiger partial charge < -0.3 is 0 Å². The van der Waals surface area contributed by atoms with Gasteiger partial charge in [-0.25, -0.2) is 14.6 Å². The van der Waals surface area contributed by atoms with Gasteiger partial charge in [0.05, 0.1) is 5.56 Å². The maximum atomic E-state index is 9.10. The summed E-state index contributed by atoms with van der Waals surface area (Å²) in [4.78, 5) is 8.25. The first-order chi connectivity index (χ1) is 7.61. The van der Waals surface area contributed by atoms with Crippen LogP contribution in [-0.2, 0) is 0 Å². The zero-order chi connectivity index (χ0) is 11.7. The zero-order valence-electron chi connectivity index (χ0n) is 8.77. The highest BCUT2D eigenvalue weighted by Crippen LogP contribution is 2.16. The second kappa shape index (κ2) is 4.02. The summed E-state index contributed by atoms with van der Waals surface area (Å²) in [5.74, 6) is 0.512. The van der Waals surface area contributed by atoms with Crippen LogP contribution in [-0.4, -0.2) is 19.7 Å². The summed E-state index contributed by atoms with van der Waals surface area (Å²) in [5.41, 5.74) is 2.25. The molecule has 0 aliphatic rings. The van der Waals surface area contributed by atoms with E-state index in [-0.39, 0.29) is 0 Å². The Balaban J connectivity index is 2.69. The molecule has 0 atom stereocenters. The van der Waals surface area contributed by atoms with Gasteiger partial charge in [-0.2, -0.15) is 5.26 Å². The molecular weight excluding hydrogens is 270 g/mol. The van der Waals surface area contributed by atoms with Gasteiger partial charge in [-0.1, -0.05) is 0 Å². The fourth-order valence-electron chi connectivity index (χ4n) is 1.47. The Morgan fingerprint density at radius 2 is 2.19 bits per heavy atom. The third kappa shape index (κ3) is 1.82. The van der Waals surface area contributed by atoms with Crippen molar-refractivity contribution < 1.29 is 0 Å². The molecule has 0 spiro atoms. The molecule has 0 N–H and O–H groups in total. The molecular formula is C10H8BrN5. The maximum Gasteiger partial charge on any atom is 0.217 e. The molecule has 0 unspecified atom stereocenters. The van der Waals surface area contributed by atoms with Crippen molar-refractivity contribution in [1.29, 1.82) is 5.26 Å². The van der Waals surface area contributed by atoms with Crippen LogP contribution in [0.1, 0.15) is 16.8 Å². The Kier molecular flexibility index (Phi) is 2.71. The van der Waals surface area contributed by atoms with E-state index in [9.17, 15) is 0 Å². The molecule has 0 radical (unpaired) electrons. The van der Waals surface area contributed by atoms with Crippen LogP contribution >= 0.6 is 15.9 Å². The largest absolute Gasteiger partial charge is 0.233 e. The van der Waals surface area contributed by atoms with Crippen molar-refractivity contribution in [3.05, 3.63) is 33.9 Å². The van der Waals surface area contributed by atoms with E-state index in [4.69, 9.17) is 5.26 Å². The lowest BCUT2D eigenvalue weighted by molar-refractivity contribution is 0.826. The number of aryl methyl sites for hydroxylation is 2. The van der Waals surface area contributed by atoms with Crippen molar-refractivity contribution in [2.75, 3.05) is 0 Å². The topological polar surface area (TPSA) is 67.4 Å². The number of nitrogens with zero attached hydrogens (tertiary/aromatic N) is 5. The van der Waals surface area contributed by atoms with Gasteiger partial charge in [0.1, 0.15) is 12.4 Å². The molecule has 2 rings (SSSR count). The van der Waals surface area contributed by atoms with Gasteiger partial charge in [-0.15, -0.1) is 5.10 Å². The molecule has 0 fully saturated rings. The Bertz CT molecular complexity index is 581. The summed E-state index contributed by atoms with van der Waals surface area (Å²) in [6.45, 7) is 3.76. The molecule has 2 aromatic rings. The van der Waals surface area contributed by atoms with E-state index in [1.54, 1.807) is 0 Å². The van der Waals surface area contributed by atoms with Crippen LogP contribution in [0.15, 0.2) is 17.1 Å². The second-order valence-electron chi connectivity index (χ2n) is 3.35.